The molecule has 0 atom stereocenters. The zero-order valence-electron chi connectivity index (χ0n) is 9.57. The maximum absolute atomic E-state index is 11.5. The van der Waals surface area contributed by atoms with Gasteiger partial charge in [0.1, 0.15) is 17.9 Å². The fourth-order valence-corrected chi connectivity index (χ4v) is 1.46. The SMILES string of the molecule is CCCCC(=O)Cc1ncnn1CCC. The maximum Gasteiger partial charge on any atom is 0.140 e. The third-order valence-corrected chi connectivity index (χ3v) is 2.30. The summed E-state index contributed by atoms with van der Waals surface area (Å²) in [6, 6.07) is 0. The Morgan fingerprint density at radius 1 is 1.40 bits per heavy atom. The lowest BCUT2D eigenvalue weighted by atomic mass is 10.1. The molecule has 0 fully saturated rings. The Bertz CT molecular complexity index is 307. The second kappa shape index (κ2) is 6.32. The van der Waals surface area contributed by atoms with Gasteiger partial charge in [-0.15, -0.1) is 0 Å². The molecular weight excluding hydrogens is 190 g/mol. The maximum atomic E-state index is 11.5. The molecule has 1 aromatic rings. The van der Waals surface area contributed by atoms with Gasteiger partial charge in [0.25, 0.3) is 0 Å². The van der Waals surface area contributed by atoms with E-state index >= 15 is 0 Å². The molecule has 0 spiro atoms. The molecule has 0 saturated carbocycles. The summed E-state index contributed by atoms with van der Waals surface area (Å²) in [4.78, 5) is 15.7. The smallest absolute Gasteiger partial charge is 0.140 e. The molecule has 0 aliphatic rings. The Morgan fingerprint density at radius 3 is 2.87 bits per heavy atom. The summed E-state index contributed by atoms with van der Waals surface area (Å²) < 4.78 is 1.82. The van der Waals surface area contributed by atoms with Crippen LogP contribution in [0.25, 0.3) is 0 Å². The molecule has 0 saturated heterocycles. The number of carbonyl (C=O) groups excluding carboxylic acids is 1. The minimum absolute atomic E-state index is 0.266. The quantitative estimate of drug-likeness (QED) is 0.690. The first kappa shape index (κ1) is 11.9. The number of nitrogens with zero attached hydrogens (tertiary/aromatic N) is 3. The normalized spacial score (nSPS) is 10.5. The van der Waals surface area contributed by atoms with Crippen molar-refractivity contribution in [3.05, 3.63) is 12.2 Å². The third-order valence-electron chi connectivity index (χ3n) is 2.30. The van der Waals surface area contributed by atoms with E-state index in [1.54, 1.807) is 0 Å². The summed E-state index contributed by atoms with van der Waals surface area (Å²) in [6.45, 7) is 5.02. The summed E-state index contributed by atoms with van der Waals surface area (Å²) in [7, 11) is 0. The second-order valence-corrected chi connectivity index (χ2v) is 3.72. The Hall–Kier alpha value is -1.19. The highest BCUT2D eigenvalue weighted by Gasteiger charge is 2.08. The van der Waals surface area contributed by atoms with Gasteiger partial charge in [0.05, 0.1) is 6.42 Å². The first-order valence-electron chi connectivity index (χ1n) is 5.66. The molecule has 0 unspecified atom stereocenters. The first-order chi connectivity index (χ1) is 7.27. The molecule has 1 rings (SSSR count). The third kappa shape index (κ3) is 3.81. The molecule has 1 heterocycles. The average Bonchev–Trinajstić information content (AvgIpc) is 2.63. The summed E-state index contributed by atoms with van der Waals surface area (Å²) in [5.74, 6) is 1.07. The van der Waals surface area contributed by atoms with E-state index in [1.807, 2.05) is 4.68 Å². The standard InChI is InChI=1S/C11H19N3O/c1-3-5-6-10(15)8-11-12-9-13-14(11)7-4-2/h9H,3-8H2,1-2H3. The van der Waals surface area contributed by atoms with Crippen LogP contribution in [0.1, 0.15) is 45.4 Å². The van der Waals surface area contributed by atoms with E-state index in [0.29, 0.717) is 12.8 Å². The number of carbonyl (C=O) groups is 1. The predicted molar refractivity (Wildman–Crippen MR) is 58.5 cm³/mol. The molecule has 4 nitrogen and oxygen atoms in total. The fourth-order valence-electron chi connectivity index (χ4n) is 1.46. The minimum Gasteiger partial charge on any atom is -0.299 e. The molecule has 0 aliphatic heterocycles. The van der Waals surface area contributed by atoms with Crippen LogP contribution in [0.5, 0.6) is 0 Å². The van der Waals surface area contributed by atoms with Crippen molar-refractivity contribution in [1.29, 1.82) is 0 Å². The molecule has 0 N–H and O–H groups in total. The molecule has 15 heavy (non-hydrogen) atoms. The van der Waals surface area contributed by atoms with E-state index in [4.69, 9.17) is 0 Å². The van der Waals surface area contributed by atoms with Crippen molar-refractivity contribution in [2.24, 2.45) is 0 Å². The molecule has 84 valence electrons. The number of ketones is 1. The molecule has 0 bridgehead atoms. The summed E-state index contributed by atoms with van der Waals surface area (Å²) in [6.07, 6.45) is 5.67. The lowest BCUT2D eigenvalue weighted by molar-refractivity contribution is -0.118. The van der Waals surface area contributed by atoms with Crippen molar-refractivity contribution >= 4 is 5.78 Å². The highest BCUT2D eigenvalue weighted by atomic mass is 16.1. The number of hydrogen-bond donors (Lipinski definition) is 0. The van der Waals surface area contributed by atoms with Crippen molar-refractivity contribution in [2.45, 2.75) is 52.5 Å². The highest BCUT2D eigenvalue weighted by Crippen LogP contribution is 2.02. The van der Waals surface area contributed by atoms with E-state index < -0.39 is 0 Å². The number of hydrogen-bond acceptors (Lipinski definition) is 3. The Kier molecular flexibility index (Phi) is 5.01. The van der Waals surface area contributed by atoms with Crippen LogP contribution < -0.4 is 0 Å². The van der Waals surface area contributed by atoms with Crippen molar-refractivity contribution < 1.29 is 4.79 Å². The van der Waals surface area contributed by atoms with Crippen LogP contribution in [0.3, 0.4) is 0 Å². The number of aryl methyl sites for hydroxylation is 1. The van der Waals surface area contributed by atoms with E-state index in [1.165, 1.54) is 6.33 Å². The molecule has 0 amide bonds. The lowest BCUT2D eigenvalue weighted by Gasteiger charge is -2.03. The van der Waals surface area contributed by atoms with Gasteiger partial charge in [-0.2, -0.15) is 5.10 Å². The number of aromatic nitrogens is 3. The molecule has 0 radical (unpaired) electrons. The van der Waals surface area contributed by atoms with Crippen molar-refractivity contribution in [1.82, 2.24) is 14.8 Å². The number of rotatable bonds is 7. The van der Waals surface area contributed by atoms with Crippen LogP contribution in [-0.4, -0.2) is 20.5 Å². The van der Waals surface area contributed by atoms with Gasteiger partial charge in [0.15, 0.2) is 0 Å². The van der Waals surface area contributed by atoms with Gasteiger partial charge in [-0.05, 0) is 12.8 Å². The second-order valence-electron chi connectivity index (χ2n) is 3.72. The van der Waals surface area contributed by atoms with E-state index in [-0.39, 0.29) is 5.78 Å². The van der Waals surface area contributed by atoms with Gasteiger partial charge in [0, 0.05) is 13.0 Å². The average molecular weight is 209 g/mol. The zero-order valence-corrected chi connectivity index (χ0v) is 9.57. The van der Waals surface area contributed by atoms with Gasteiger partial charge >= 0.3 is 0 Å². The largest absolute Gasteiger partial charge is 0.299 e. The van der Waals surface area contributed by atoms with Crippen molar-refractivity contribution in [3.63, 3.8) is 0 Å². The van der Waals surface area contributed by atoms with Crippen LogP contribution in [0.2, 0.25) is 0 Å². The zero-order chi connectivity index (χ0) is 11.1. The van der Waals surface area contributed by atoms with Crippen LogP contribution in [-0.2, 0) is 17.8 Å². The van der Waals surface area contributed by atoms with E-state index in [0.717, 1.165) is 31.6 Å². The summed E-state index contributed by atoms with van der Waals surface area (Å²) in [5.41, 5.74) is 0. The van der Waals surface area contributed by atoms with Crippen LogP contribution in [0.4, 0.5) is 0 Å². The molecule has 1 aromatic heterocycles. The van der Waals surface area contributed by atoms with Gasteiger partial charge in [-0.3, -0.25) is 4.79 Å². The summed E-state index contributed by atoms with van der Waals surface area (Å²) >= 11 is 0. The van der Waals surface area contributed by atoms with Gasteiger partial charge in [0.2, 0.25) is 0 Å². The van der Waals surface area contributed by atoms with Crippen molar-refractivity contribution in [3.8, 4) is 0 Å². The van der Waals surface area contributed by atoms with E-state index in [9.17, 15) is 4.79 Å². The highest BCUT2D eigenvalue weighted by molar-refractivity contribution is 5.80. The van der Waals surface area contributed by atoms with Crippen LogP contribution in [0.15, 0.2) is 6.33 Å². The first-order valence-corrected chi connectivity index (χ1v) is 5.66. The predicted octanol–water partition coefficient (Wildman–Crippen LogP) is 1.99. The Labute approximate surface area is 90.7 Å². The molecular formula is C11H19N3O. The van der Waals surface area contributed by atoms with Gasteiger partial charge < -0.3 is 0 Å². The topological polar surface area (TPSA) is 47.8 Å². The minimum atomic E-state index is 0.266. The van der Waals surface area contributed by atoms with Gasteiger partial charge in [-0.25, -0.2) is 9.67 Å². The van der Waals surface area contributed by atoms with E-state index in [2.05, 4.69) is 23.9 Å². The number of Topliss-reactive ketones (excluding diaryl/α,β-unsaturated/α-hetero) is 1. The fraction of sp³-hybridized carbons (Fsp3) is 0.727. The van der Waals surface area contributed by atoms with Crippen LogP contribution in [0, 0.1) is 0 Å². The van der Waals surface area contributed by atoms with Crippen molar-refractivity contribution in [2.75, 3.05) is 0 Å². The number of unbranched alkanes of at least 4 members (excludes halogenated alkanes) is 1. The van der Waals surface area contributed by atoms with Crippen LogP contribution >= 0.6 is 0 Å². The molecule has 4 heteroatoms. The summed E-state index contributed by atoms with van der Waals surface area (Å²) in [5, 5.41) is 4.09. The molecule has 0 aliphatic carbocycles. The lowest BCUT2D eigenvalue weighted by Crippen LogP contribution is -2.11. The van der Waals surface area contributed by atoms with Gasteiger partial charge in [-0.1, -0.05) is 20.3 Å². The molecule has 0 aromatic carbocycles. The monoisotopic (exact) mass is 209 g/mol. The Balaban J connectivity index is 2.48. The Morgan fingerprint density at radius 2 is 2.20 bits per heavy atom.